The number of para-hydroxylation sites is 2. The Morgan fingerprint density at radius 1 is 0.750 bits per heavy atom. The number of methoxy groups -OCH3 is 1. The van der Waals surface area contributed by atoms with Gasteiger partial charge in [-0.25, -0.2) is 0 Å². The number of anilines is 1. The molecule has 0 bridgehead atoms. The van der Waals surface area contributed by atoms with E-state index >= 15 is 0 Å². The zero-order valence-corrected chi connectivity index (χ0v) is 16.6. The molecule has 0 amide bonds. The van der Waals surface area contributed by atoms with Gasteiger partial charge in [0.15, 0.2) is 0 Å². The lowest BCUT2D eigenvalue weighted by Crippen LogP contribution is -2.47. The van der Waals surface area contributed by atoms with Crippen LogP contribution in [0.3, 0.4) is 0 Å². The Morgan fingerprint density at radius 3 is 2.21 bits per heavy atom. The molecule has 1 saturated heterocycles. The average molecular weight is 373 g/mol. The summed E-state index contributed by atoms with van der Waals surface area (Å²) in [6, 6.07) is 27.8. The van der Waals surface area contributed by atoms with Crippen molar-refractivity contribution in [3.8, 4) is 16.9 Å². The zero-order valence-electron chi connectivity index (χ0n) is 16.6. The molecular weight excluding hydrogens is 344 g/mol. The minimum atomic E-state index is 0.965. The molecule has 0 aromatic heterocycles. The maximum absolute atomic E-state index is 5.53. The van der Waals surface area contributed by atoms with Crippen molar-refractivity contribution >= 4 is 5.69 Å². The largest absolute Gasteiger partial charge is 0.495 e. The molecule has 3 aromatic rings. The van der Waals surface area contributed by atoms with E-state index in [2.05, 4.69) is 76.5 Å². The average Bonchev–Trinajstić information content (AvgIpc) is 2.79. The van der Waals surface area contributed by atoms with E-state index in [1.165, 1.54) is 22.4 Å². The molecule has 0 saturated carbocycles. The van der Waals surface area contributed by atoms with Gasteiger partial charge < -0.3 is 9.64 Å². The summed E-state index contributed by atoms with van der Waals surface area (Å²) in [6.07, 6.45) is 1.08. The standard InChI is InChI=1S/C25H28N2O/c1-28-25-14-8-7-13-24(25)27-19-17-26(18-20-27)16-15-22-11-5-6-12-23(22)21-9-3-2-4-10-21/h2-14H,15-20H2,1H3. The summed E-state index contributed by atoms with van der Waals surface area (Å²) in [5.41, 5.74) is 5.30. The van der Waals surface area contributed by atoms with Gasteiger partial charge in [-0.15, -0.1) is 0 Å². The third-order valence-electron chi connectivity index (χ3n) is 5.60. The van der Waals surface area contributed by atoms with Crippen LogP contribution >= 0.6 is 0 Å². The maximum Gasteiger partial charge on any atom is 0.142 e. The monoisotopic (exact) mass is 372 g/mol. The van der Waals surface area contributed by atoms with Crippen molar-refractivity contribution in [2.45, 2.75) is 6.42 Å². The molecule has 4 rings (SSSR count). The van der Waals surface area contributed by atoms with Crippen molar-refractivity contribution in [1.82, 2.24) is 4.90 Å². The van der Waals surface area contributed by atoms with Crippen molar-refractivity contribution in [1.29, 1.82) is 0 Å². The Labute approximate surface area is 168 Å². The Kier molecular flexibility index (Phi) is 5.93. The highest BCUT2D eigenvalue weighted by Crippen LogP contribution is 2.28. The molecule has 28 heavy (non-hydrogen) atoms. The third kappa shape index (κ3) is 4.20. The second kappa shape index (κ2) is 8.94. The van der Waals surface area contributed by atoms with E-state index in [0.717, 1.165) is 44.9 Å². The number of piperazine rings is 1. The van der Waals surface area contributed by atoms with Crippen LogP contribution < -0.4 is 9.64 Å². The fourth-order valence-corrected chi connectivity index (χ4v) is 4.02. The topological polar surface area (TPSA) is 15.7 Å². The number of ether oxygens (including phenoxy) is 1. The predicted octanol–water partition coefficient (Wildman–Crippen LogP) is 4.73. The smallest absolute Gasteiger partial charge is 0.142 e. The molecule has 0 radical (unpaired) electrons. The normalized spacial score (nSPS) is 14.8. The number of hydrogen-bond donors (Lipinski definition) is 0. The maximum atomic E-state index is 5.53. The second-order valence-corrected chi connectivity index (χ2v) is 7.27. The highest BCUT2D eigenvalue weighted by atomic mass is 16.5. The highest BCUT2D eigenvalue weighted by Gasteiger charge is 2.19. The summed E-state index contributed by atoms with van der Waals surface area (Å²) in [5.74, 6) is 0.965. The molecule has 0 N–H and O–H groups in total. The minimum absolute atomic E-state index is 0.965. The van der Waals surface area contributed by atoms with Crippen LogP contribution in [-0.2, 0) is 6.42 Å². The third-order valence-corrected chi connectivity index (χ3v) is 5.60. The Morgan fingerprint density at radius 2 is 1.43 bits per heavy atom. The van der Waals surface area contributed by atoms with E-state index in [4.69, 9.17) is 4.74 Å². The van der Waals surface area contributed by atoms with Gasteiger partial charge in [-0.05, 0) is 35.2 Å². The number of rotatable bonds is 6. The van der Waals surface area contributed by atoms with Crippen LogP contribution in [-0.4, -0.2) is 44.7 Å². The van der Waals surface area contributed by atoms with E-state index in [0.29, 0.717) is 0 Å². The first-order valence-electron chi connectivity index (χ1n) is 10.1. The molecule has 1 fully saturated rings. The van der Waals surface area contributed by atoms with E-state index in [9.17, 15) is 0 Å². The molecule has 144 valence electrons. The molecule has 3 nitrogen and oxygen atoms in total. The van der Waals surface area contributed by atoms with Crippen molar-refractivity contribution in [3.05, 3.63) is 84.4 Å². The molecular formula is C25H28N2O. The van der Waals surface area contributed by atoms with Crippen LogP contribution in [0, 0.1) is 0 Å². The fraction of sp³-hybridized carbons (Fsp3) is 0.280. The van der Waals surface area contributed by atoms with Crippen molar-refractivity contribution in [2.24, 2.45) is 0 Å². The number of nitrogens with zero attached hydrogens (tertiary/aromatic N) is 2. The SMILES string of the molecule is COc1ccccc1N1CCN(CCc2ccccc2-c2ccccc2)CC1. The summed E-state index contributed by atoms with van der Waals surface area (Å²) in [7, 11) is 1.75. The fourth-order valence-electron chi connectivity index (χ4n) is 4.02. The van der Waals surface area contributed by atoms with Gasteiger partial charge in [-0.2, -0.15) is 0 Å². The lowest BCUT2D eigenvalue weighted by Gasteiger charge is -2.36. The van der Waals surface area contributed by atoms with E-state index in [1.807, 2.05) is 12.1 Å². The highest BCUT2D eigenvalue weighted by molar-refractivity contribution is 5.67. The van der Waals surface area contributed by atoms with Gasteiger partial charge in [-0.3, -0.25) is 4.90 Å². The predicted molar refractivity (Wildman–Crippen MR) is 117 cm³/mol. The molecule has 0 unspecified atom stereocenters. The van der Waals surface area contributed by atoms with Crippen LogP contribution in [0.5, 0.6) is 5.75 Å². The number of hydrogen-bond acceptors (Lipinski definition) is 3. The number of benzene rings is 3. The summed E-state index contributed by atoms with van der Waals surface area (Å²) in [6.45, 7) is 5.36. The molecule has 1 aliphatic rings. The summed E-state index contributed by atoms with van der Waals surface area (Å²) in [4.78, 5) is 5.01. The molecule has 0 aliphatic carbocycles. The summed E-state index contributed by atoms with van der Waals surface area (Å²) in [5, 5.41) is 0. The van der Waals surface area contributed by atoms with Gasteiger partial charge in [0.05, 0.1) is 12.8 Å². The molecule has 0 atom stereocenters. The molecule has 3 aromatic carbocycles. The summed E-state index contributed by atoms with van der Waals surface area (Å²) < 4.78 is 5.53. The minimum Gasteiger partial charge on any atom is -0.495 e. The van der Waals surface area contributed by atoms with E-state index < -0.39 is 0 Å². The van der Waals surface area contributed by atoms with Gasteiger partial charge in [0.25, 0.3) is 0 Å². The molecule has 3 heteroatoms. The molecule has 1 heterocycles. The van der Waals surface area contributed by atoms with Gasteiger partial charge in [-0.1, -0.05) is 66.7 Å². The quantitative estimate of drug-likeness (QED) is 0.622. The van der Waals surface area contributed by atoms with Crippen molar-refractivity contribution < 1.29 is 4.74 Å². The van der Waals surface area contributed by atoms with Gasteiger partial charge in [0.2, 0.25) is 0 Å². The van der Waals surface area contributed by atoms with Crippen molar-refractivity contribution in [2.75, 3.05) is 44.7 Å². The first-order chi connectivity index (χ1) is 13.8. The van der Waals surface area contributed by atoms with E-state index in [1.54, 1.807) is 7.11 Å². The second-order valence-electron chi connectivity index (χ2n) is 7.27. The molecule has 0 spiro atoms. The lowest BCUT2D eigenvalue weighted by atomic mass is 9.97. The van der Waals surface area contributed by atoms with Gasteiger partial charge >= 0.3 is 0 Å². The van der Waals surface area contributed by atoms with Crippen LogP contribution in [0.25, 0.3) is 11.1 Å². The lowest BCUT2D eigenvalue weighted by molar-refractivity contribution is 0.260. The Bertz CT molecular complexity index is 886. The van der Waals surface area contributed by atoms with Crippen LogP contribution in [0.2, 0.25) is 0 Å². The Hall–Kier alpha value is -2.78. The Balaban J connectivity index is 1.37. The van der Waals surface area contributed by atoms with Crippen LogP contribution in [0.15, 0.2) is 78.9 Å². The van der Waals surface area contributed by atoms with Crippen molar-refractivity contribution in [3.63, 3.8) is 0 Å². The zero-order chi connectivity index (χ0) is 19.2. The van der Waals surface area contributed by atoms with Gasteiger partial charge in [0, 0.05) is 32.7 Å². The first kappa shape index (κ1) is 18.6. The van der Waals surface area contributed by atoms with Crippen LogP contribution in [0.1, 0.15) is 5.56 Å². The van der Waals surface area contributed by atoms with Crippen LogP contribution in [0.4, 0.5) is 5.69 Å². The molecule has 1 aliphatic heterocycles. The van der Waals surface area contributed by atoms with Gasteiger partial charge in [0.1, 0.15) is 5.75 Å². The summed E-state index contributed by atoms with van der Waals surface area (Å²) >= 11 is 0. The van der Waals surface area contributed by atoms with E-state index in [-0.39, 0.29) is 0 Å². The first-order valence-corrected chi connectivity index (χ1v) is 10.1.